The second kappa shape index (κ2) is 8.70. The van der Waals surface area contributed by atoms with Crippen molar-refractivity contribution in [3.63, 3.8) is 0 Å². The molecular formula is C19H23N3O2S2. The number of benzene rings is 1. The van der Waals surface area contributed by atoms with Crippen LogP contribution in [0.25, 0.3) is 21.3 Å². The van der Waals surface area contributed by atoms with Gasteiger partial charge in [0, 0.05) is 46.9 Å². The summed E-state index contributed by atoms with van der Waals surface area (Å²) in [6.45, 7) is 2.46. The van der Waals surface area contributed by atoms with Crippen molar-refractivity contribution in [2.75, 3.05) is 24.4 Å². The molecule has 7 heteroatoms. The van der Waals surface area contributed by atoms with Crippen LogP contribution in [0.5, 0.6) is 0 Å². The number of fused-ring (bicyclic) bond motifs is 1. The Balaban J connectivity index is 2.02. The van der Waals surface area contributed by atoms with Gasteiger partial charge in [-0.3, -0.25) is 4.21 Å². The van der Waals surface area contributed by atoms with Crippen LogP contribution in [0.2, 0.25) is 0 Å². The molecule has 0 fully saturated rings. The van der Waals surface area contributed by atoms with Gasteiger partial charge in [0.1, 0.15) is 17.3 Å². The van der Waals surface area contributed by atoms with E-state index in [4.69, 9.17) is 9.72 Å². The highest BCUT2D eigenvalue weighted by Crippen LogP contribution is 2.37. The summed E-state index contributed by atoms with van der Waals surface area (Å²) in [6.07, 6.45) is 2.55. The second-order valence-corrected chi connectivity index (χ2v) is 8.64. The van der Waals surface area contributed by atoms with Crippen LogP contribution in [-0.2, 0) is 22.1 Å². The van der Waals surface area contributed by atoms with E-state index in [2.05, 4.69) is 34.7 Å². The van der Waals surface area contributed by atoms with Crippen LogP contribution >= 0.6 is 11.3 Å². The minimum absolute atomic E-state index is 0.163. The molecule has 0 aliphatic carbocycles. The molecule has 3 aromatic rings. The average Bonchev–Trinajstić information content (AvgIpc) is 3.05. The first kappa shape index (κ1) is 18.9. The molecule has 3 rings (SSSR count). The first-order valence-corrected chi connectivity index (χ1v) is 11.1. The van der Waals surface area contributed by atoms with Gasteiger partial charge in [-0.2, -0.15) is 0 Å². The molecule has 0 aliphatic heterocycles. The van der Waals surface area contributed by atoms with Crippen molar-refractivity contribution >= 4 is 38.2 Å². The predicted octanol–water partition coefficient (Wildman–Crippen LogP) is 4.07. The first-order chi connectivity index (χ1) is 12.6. The van der Waals surface area contributed by atoms with E-state index >= 15 is 0 Å². The molecular weight excluding hydrogens is 366 g/mol. The van der Waals surface area contributed by atoms with Crippen LogP contribution in [0.4, 0.5) is 5.82 Å². The summed E-state index contributed by atoms with van der Waals surface area (Å²) in [4.78, 5) is 10.3. The van der Waals surface area contributed by atoms with Gasteiger partial charge in [-0.25, -0.2) is 9.97 Å². The lowest BCUT2D eigenvalue weighted by Gasteiger charge is -2.16. The lowest BCUT2D eigenvalue weighted by atomic mass is 10.1. The topological polar surface area (TPSA) is 64.1 Å². The Kier molecular flexibility index (Phi) is 6.34. The van der Waals surface area contributed by atoms with Crippen molar-refractivity contribution in [2.24, 2.45) is 0 Å². The van der Waals surface area contributed by atoms with Crippen LogP contribution in [0, 0.1) is 0 Å². The molecule has 0 amide bonds. The summed E-state index contributed by atoms with van der Waals surface area (Å²) in [5.74, 6) is 2.15. The average molecular weight is 390 g/mol. The van der Waals surface area contributed by atoms with Crippen LogP contribution in [0.1, 0.15) is 19.2 Å². The Morgan fingerprint density at radius 2 is 2.04 bits per heavy atom. The number of methoxy groups -OCH3 is 1. The molecule has 5 nitrogen and oxygen atoms in total. The molecule has 138 valence electrons. The number of aromatic nitrogens is 2. The Labute approximate surface area is 160 Å². The number of nitrogens with zero attached hydrogens (tertiary/aromatic N) is 2. The SMILES string of the molecule is COCc1nc(NC(C)CCS(C)=O)c2c(-c3ccccc3)csc2n1. The quantitative estimate of drug-likeness (QED) is 0.629. The van der Waals surface area contributed by atoms with E-state index in [0.29, 0.717) is 18.2 Å². The van der Waals surface area contributed by atoms with Crippen LogP contribution < -0.4 is 5.32 Å². The van der Waals surface area contributed by atoms with Gasteiger partial charge < -0.3 is 10.1 Å². The minimum Gasteiger partial charge on any atom is -0.377 e. The maximum Gasteiger partial charge on any atom is 0.158 e. The molecule has 0 aliphatic rings. The van der Waals surface area contributed by atoms with Crippen molar-refractivity contribution in [3.8, 4) is 11.1 Å². The fraction of sp³-hybridized carbons (Fsp3) is 0.368. The summed E-state index contributed by atoms with van der Waals surface area (Å²) >= 11 is 1.61. The van der Waals surface area contributed by atoms with Crippen molar-refractivity contribution in [2.45, 2.75) is 26.0 Å². The fourth-order valence-corrected chi connectivity index (χ4v) is 4.41. The van der Waals surface area contributed by atoms with E-state index in [1.807, 2.05) is 18.2 Å². The van der Waals surface area contributed by atoms with Crippen LogP contribution in [0.3, 0.4) is 0 Å². The molecule has 1 N–H and O–H groups in total. The zero-order valence-corrected chi connectivity index (χ0v) is 16.8. The van der Waals surface area contributed by atoms with Crippen LogP contribution in [-0.4, -0.2) is 39.3 Å². The number of hydrogen-bond acceptors (Lipinski definition) is 6. The van der Waals surface area contributed by atoms with E-state index in [1.165, 1.54) is 0 Å². The number of anilines is 1. The van der Waals surface area contributed by atoms with Gasteiger partial charge in [0.2, 0.25) is 0 Å². The highest BCUT2D eigenvalue weighted by molar-refractivity contribution is 7.84. The van der Waals surface area contributed by atoms with Gasteiger partial charge in [-0.05, 0) is 18.9 Å². The van der Waals surface area contributed by atoms with E-state index in [-0.39, 0.29) is 6.04 Å². The fourth-order valence-electron chi connectivity index (χ4n) is 2.76. The molecule has 0 spiro atoms. The Hall–Kier alpha value is -1.83. The zero-order valence-electron chi connectivity index (χ0n) is 15.2. The number of nitrogens with one attached hydrogen (secondary N) is 1. The maximum absolute atomic E-state index is 11.4. The normalized spacial score (nSPS) is 13.7. The van der Waals surface area contributed by atoms with Crippen molar-refractivity contribution in [3.05, 3.63) is 41.5 Å². The highest BCUT2D eigenvalue weighted by atomic mass is 32.2. The van der Waals surface area contributed by atoms with Gasteiger partial charge in [0.25, 0.3) is 0 Å². The Bertz CT molecular complexity index is 896. The van der Waals surface area contributed by atoms with E-state index in [9.17, 15) is 4.21 Å². The maximum atomic E-state index is 11.4. The van der Waals surface area contributed by atoms with Gasteiger partial charge in [0.15, 0.2) is 5.82 Å². The third-order valence-electron chi connectivity index (χ3n) is 4.06. The third-order valence-corrected chi connectivity index (χ3v) is 5.74. The molecule has 0 saturated carbocycles. The monoisotopic (exact) mass is 389 g/mol. The second-order valence-electron chi connectivity index (χ2n) is 6.23. The summed E-state index contributed by atoms with van der Waals surface area (Å²) < 4.78 is 16.6. The lowest BCUT2D eigenvalue weighted by molar-refractivity contribution is 0.178. The van der Waals surface area contributed by atoms with Crippen molar-refractivity contribution in [1.82, 2.24) is 9.97 Å². The highest BCUT2D eigenvalue weighted by Gasteiger charge is 2.17. The minimum atomic E-state index is -0.796. The smallest absolute Gasteiger partial charge is 0.158 e. The molecule has 2 aromatic heterocycles. The van der Waals surface area contributed by atoms with Gasteiger partial charge in [-0.15, -0.1) is 11.3 Å². The Morgan fingerprint density at radius 3 is 2.73 bits per heavy atom. The standard InChI is InChI=1S/C19H23N3O2S2/c1-13(9-10-26(3)23)20-18-17-15(14-7-5-4-6-8-14)12-25-19(17)22-16(21-18)11-24-2/h4-8,12-13H,9-11H2,1-3H3,(H,20,21,22). The molecule has 1 aromatic carbocycles. The van der Waals surface area contributed by atoms with Gasteiger partial charge >= 0.3 is 0 Å². The zero-order chi connectivity index (χ0) is 18.5. The Morgan fingerprint density at radius 1 is 1.27 bits per heavy atom. The molecule has 0 bridgehead atoms. The molecule has 2 heterocycles. The van der Waals surface area contributed by atoms with E-state index < -0.39 is 10.8 Å². The summed E-state index contributed by atoms with van der Waals surface area (Å²) in [5, 5.41) is 6.66. The summed E-state index contributed by atoms with van der Waals surface area (Å²) in [7, 11) is 0.847. The summed E-state index contributed by atoms with van der Waals surface area (Å²) in [6, 6.07) is 10.4. The first-order valence-electron chi connectivity index (χ1n) is 8.47. The molecule has 0 radical (unpaired) electrons. The third kappa shape index (κ3) is 4.47. The van der Waals surface area contributed by atoms with E-state index in [0.717, 1.165) is 33.6 Å². The molecule has 2 atom stereocenters. The number of ether oxygens (including phenoxy) is 1. The molecule has 2 unspecified atom stereocenters. The van der Waals surface area contributed by atoms with Crippen molar-refractivity contribution < 1.29 is 8.95 Å². The van der Waals surface area contributed by atoms with E-state index in [1.54, 1.807) is 24.7 Å². The lowest BCUT2D eigenvalue weighted by Crippen LogP contribution is -2.19. The molecule has 0 saturated heterocycles. The summed E-state index contributed by atoms with van der Waals surface area (Å²) in [5.41, 5.74) is 2.27. The largest absolute Gasteiger partial charge is 0.377 e. The van der Waals surface area contributed by atoms with Crippen molar-refractivity contribution in [1.29, 1.82) is 0 Å². The number of hydrogen-bond donors (Lipinski definition) is 1. The number of rotatable bonds is 8. The number of thiophene rings is 1. The van der Waals surface area contributed by atoms with Crippen LogP contribution in [0.15, 0.2) is 35.7 Å². The molecule has 26 heavy (non-hydrogen) atoms. The van der Waals surface area contributed by atoms with Gasteiger partial charge in [-0.1, -0.05) is 30.3 Å². The predicted molar refractivity (Wildman–Crippen MR) is 110 cm³/mol. The van der Waals surface area contributed by atoms with Gasteiger partial charge in [0.05, 0.1) is 5.39 Å².